The van der Waals surface area contributed by atoms with Gasteiger partial charge in [0.2, 0.25) is 5.91 Å². The number of hydrogen-bond acceptors (Lipinski definition) is 3. The molecule has 0 spiro atoms. The Morgan fingerprint density at radius 1 is 1.50 bits per heavy atom. The Kier molecular flexibility index (Phi) is 3.50. The fourth-order valence-electron chi connectivity index (χ4n) is 2.13. The summed E-state index contributed by atoms with van der Waals surface area (Å²) in [5, 5.41) is 3.45. The van der Waals surface area contributed by atoms with Crippen LogP contribution in [0.15, 0.2) is 18.2 Å². The van der Waals surface area contributed by atoms with Gasteiger partial charge in [-0.05, 0) is 31.5 Å². The van der Waals surface area contributed by atoms with E-state index in [1.54, 1.807) is 6.07 Å². The summed E-state index contributed by atoms with van der Waals surface area (Å²) in [6.45, 7) is 6.08. The van der Waals surface area contributed by atoms with Crippen LogP contribution in [0.5, 0.6) is 0 Å². The van der Waals surface area contributed by atoms with Gasteiger partial charge < -0.3 is 11.1 Å². The number of nitrogens with two attached hydrogens (primary N) is 1. The molecule has 1 heterocycles. The van der Waals surface area contributed by atoms with E-state index >= 15 is 0 Å². The van der Waals surface area contributed by atoms with Gasteiger partial charge in [-0.1, -0.05) is 17.7 Å². The molecule has 0 atom stereocenters. The molecule has 4 nitrogen and oxygen atoms in total. The van der Waals surface area contributed by atoms with Crippen LogP contribution in [0.4, 0.5) is 5.69 Å². The predicted octanol–water partition coefficient (Wildman–Crippen LogP) is 1.63. The van der Waals surface area contributed by atoms with E-state index in [4.69, 9.17) is 17.3 Å². The van der Waals surface area contributed by atoms with Crippen LogP contribution >= 0.6 is 11.6 Å². The van der Waals surface area contributed by atoms with Gasteiger partial charge >= 0.3 is 0 Å². The Morgan fingerprint density at radius 3 is 2.89 bits per heavy atom. The van der Waals surface area contributed by atoms with Crippen LogP contribution < -0.4 is 11.1 Å². The summed E-state index contributed by atoms with van der Waals surface area (Å²) in [6.07, 6.45) is 0. The molecule has 5 heteroatoms. The average Bonchev–Trinajstić information content (AvgIpc) is 2.30. The number of nitrogen functional groups attached to an aromatic ring is 1. The number of benzene rings is 1. The zero-order chi connectivity index (χ0) is 13.3. The largest absolute Gasteiger partial charge is 0.398 e. The van der Waals surface area contributed by atoms with Gasteiger partial charge in [-0.3, -0.25) is 9.69 Å². The third-order valence-electron chi connectivity index (χ3n) is 3.45. The lowest BCUT2D eigenvalue weighted by Crippen LogP contribution is -2.61. The molecule has 2 rings (SSSR count). The second-order valence-corrected chi connectivity index (χ2v) is 5.50. The van der Waals surface area contributed by atoms with E-state index < -0.39 is 5.54 Å². The number of amides is 1. The molecule has 0 saturated carbocycles. The lowest BCUT2D eigenvalue weighted by atomic mass is 9.98. The van der Waals surface area contributed by atoms with Gasteiger partial charge in [-0.15, -0.1) is 0 Å². The number of halogens is 1. The third-order valence-corrected chi connectivity index (χ3v) is 3.79. The normalized spacial score (nSPS) is 19.6. The number of carbonyl (C=O) groups is 1. The van der Waals surface area contributed by atoms with Gasteiger partial charge in [0.1, 0.15) is 0 Å². The Morgan fingerprint density at radius 2 is 2.22 bits per heavy atom. The molecule has 0 aliphatic carbocycles. The quantitative estimate of drug-likeness (QED) is 0.801. The molecule has 0 bridgehead atoms. The Balaban J connectivity index is 2.17. The Bertz CT molecular complexity index is 473. The van der Waals surface area contributed by atoms with Crippen LogP contribution in [0.3, 0.4) is 0 Å². The summed E-state index contributed by atoms with van der Waals surface area (Å²) >= 11 is 5.90. The fourth-order valence-corrected chi connectivity index (χ4v) is 2.25. The number of piperazine rings is 1. The van der Waals surface area contributed by atoms with Crippen molar-refractivity contribution in [3.8, 4) is 0 Å². The summed E-state index contributed by atoms with van der Waals surface area (Å²) in [5.41, 5.74) is 6.94. The molecule has 98 valence electrons. The van der Waals surface area contributed by atoms with Gasteiger partial charge in [0, 0.05) is 19.6 Å². The van der Waals surface area contributed by atoms with Crippen LogP contribution in [-0.2, 0) is 11.3 Å². The Hall–Kier alpha value is -1.26. The minimum Gasteiger partial charge on any atom is -0.398 e. The first-order chi connectivity index (χ1) is 8.41. The molecule has 3 N–H and O–H groups in total. The molecule has 0 aromatic heterocycles. The maximum atomic E-state index is 11.8. The summed E-state index contributed by atoms with van der Waals surface area (Å²) in [5.74, 6) is 0.0654. The molecule has 18 heavy (non-hydrogen) atoms. The maximum absolute atomic E-state index is 11.8. The minimum absolute atomic E-state index is 0.0654. The molecule has 1 aliphatic heterocycles. The molecular formula is C13H18ClN3O. The second-order valence-electron chi connectivity index (χ2n) is 5.09. The predicted molar refractivity (Wildman–Crippen MR) is 73.4 cm³/mol. The lowest BCUT2D eigenvalue weighted by Gasteiger charge is -2.41. The van der Waals surface area contributed by atoms with E-state index in [9.17, 15) is 4.79 Å². The number of hydrogen-bond donors (Lipinski definition) is 2. The molecule has 1 aromatic carbocycles. The van der Waals surface area contributed by atoms with Crippen LogP contribution in [0.1, 0.15) is 19.4 Å². The number of nitrogens with zero attached hydrogens (tertiary/aromatic N) is 1. The molecule has 1 aliphatic rings. The molecule has 1 fully saturated rings. The van der Waals surface area contributed by atoms with Crippen molar-refractivity contribution >= 4 is 23.2 Å². The highest BCUT2D eigenvalue weighted by Gasteiger charge is 2.37. The van der Waals surface area contributed by atoms with Gasteiger partial charge in [-0.25, -0.2) is 0 Å². The van der Waals surface area contributed by atoms with E-state index in [0.717, 1.165) is 12.1 Å². The van der Waals surface area contributed by atoms with E-state index in [0.29, 0.717) is 23.8 Å². The van der Waals surface area contributed by atoms with Crippen LogP contribution in [0.2, 0.25) is 5.02 Å². The molecule has 1 amide bonds. The minimum atomic E-state index is -0.493. The number of rotatable bonds is 2. The number of nitrogens with one attached hydrogen (secondary N) is 1. The van der Waals surface area contributed by atoms with Crippen LogP contribution in [0.25, 0.3) is 0 Å². The summed E-state index contributed by atoms with van der Waals surface area (Å²) in [4.78, 5) is 14.0. The van der Waals surface area contributed by atoms with Crippen molar-refractivity contribution in [3.63, 3.8) is 0 Å². The second kappa shape index (κ2) is 4.78. The zero-order valence-electron chi connectivity index (χ0n) is 10.7. The van der Waals surface area contributed by atoms with Crippen molar-refractivity contribution in [2.45, 2.75) is 25.9 Å². The maximum Gasteiger partial charge on any atom is 0.240 e. The first-order valence-electron chi connectivity index (χ1n) is 5.98. The highest BCUT2D eigenvalue weighted by molar-refractivity contribution is 6.33. The van der Waals surface area contributed by atoms with E-state index in [2.05, 4.69) is 10.2 Å². The Labute approximate surface area is 112 Å². The molecular weight excluding hydrogens is 250 g/mol. The number of carbonyl (C=O) groups excluding carboxylic acids is 1. The third kappa shape index (κ3) is 2.44. The summed E-state index contributed by atoms with van der Waals surface area (Å²) < 4.78 is 0. The lowest BCUT2D eigenvalue weighted by molar-refractivity contribution is -0.135. The average molecular weight is 268 g/mol. The fraction of sp³-hybridized carbons (Fsp3) is 0.462. The molecule has 1 saturated heterocycles. The van der Waals surface area contributed by atoms with E-state index in [-0.39, 0.29) is 5.91 Å². The van der Waals surface area contributed by atoms with Gasteiger partial charge in [0.25, 0.3) is 0 Å². The first-order valence-corrected chi connectivity index (χ1v) is 6.36. The first kappa shape index (κ1) is 13.2. The van der Waals surface area contributed by atoms with Crippen molar-refractivity contribution in [1.29, 1.82) is 0 Å². The standard InChI is InChI=1S/C13H18ClN3O/c1-13(2)12(18)16-5-6-17(13)8-9-3-4-10(14)11(15)7-9/h3-4,7H,5-6,8,15H2,1-2H3,(H,16,18). The molecule has 1 aromatic rings. The van der Waals surface area contributed by atoms with Crippen LogP contribution in [0, 0.1) is 0 Å². The van der Waals surface area contributed by atoms with Crippen molar-refractivity contribution in [2.24, 2.45) is 0 Å². The van der Waals surface area contributed by atoms with Gasteiger partial charge in [0.05, 0.1) is 16.2 Å². The molecule has 0 unspecified atom stereocenters. The topological polar surface area (TPSA) is 58.4 Å². The highest BCUT2D eigenvalue weighted by Crippen LogP contribution is 2.24. The van der Waals surface area contributed by atoms with E-state index in [1.807, 2.05) is 26.0 Å². The van der Waals surface area contributed by atoms with Crippen molar-refractivity contribution in [1.82, 2.24) is 10.2 Å². The smallest absolute Gasteiger partial charge is 0.240 e. The van der Waals surface area contributed by atoms with Crippen molar-refractivity contribution < 1.29 is 4.79 Å². The summed E-state index contributed by atoms with van der Waals surface area (Å²) in [6, 6.07) is 5.61. The van der Waals surface area contributed by atoms with Gasteiger partial charge in [-0.2, -0.15) is 0 Å². The zero-order valence-corrected chi connectivity index (χ0v) is 11.4. The van der Waals surface area contributed by atoms with E-state index in [1.165, 1.54) is 0 Å². The van der Waals surface area contributed by atoms with Gasteiger partial charge in [0.15, 0.2) is 0 Å². The van der Waals surface area contributed by atoms with Crippen molar-refractivity contribution in [2.75, 3.05) is 18.8 Å². The SMILES string of the molecule is CC1(C)C(=O)NCCN1Cc1ccc(Cl)c(N)c1. The molecule has 0 radical (unpaired) electrons. The van der Waals surface area contributed by atoms with Crippen molar-refractivity contribution in [3.05, 3.63) is 28.8 Å². The summed E-state index contributed by atoms with van der Waals surface area (Å²) in [7, 11) is 0. The number of anilines is 1. The highest BCUT2D eigenvalue weighted by atomic mass is 35.5. The monoisotopic (exact) mass is 267 g/mol. The van der Waals surface area contributed by atoms with Crippen LogP contribution in [-0.4, -0.2) is 29.4 Å².